The monoisotopic (exact) mass is 156 g/mol. The topological polar surface area (TPSA) is 65.2 Å². The molecule has 11 heavy (non-hydrogen) atoms. The molecular formula is C6H8N2O3. The lowest BCUT2D eigenvalue weighted by atomic mass is 10.6. The molecule has 0 atom stereocenters. The maximum absolute atomic E-state index is 10.1. The van der Waals surface area contributed by atoms with Crippen LogP contribution in [0.15, 0.2) is 4.52 Å². The van der Waals surface area contributed by atoms with Crippen molar-refractivity contribution in [1.82, 2.24) is 10.1 Å². The van der Waals surface area contributed by atoms with Crippen LogP contribution in [0.25, 0.3) is 0 Å². The first-order chi connectivity index (χ1) is 5.36. The van der Waals surface area contributed by atoms with Gasteiger partial charge in [-0.25, -0.2) is 0 Å². The summed E-state index contributed by atoms with van der Waals surface area (Å²) in [5.41, 5.74) is 0. The van der Waals surface area contributed by atoms with E-state index in [1.54, 1.807) is 0 Å². The second-order valence-corrected chi connectivity index (χ2v) is 1.80. The van der Waals surface area contributed by atoms with Crippen LogP contribution in [-0.4, -0.2) is 23.0 Å². The van der Waals surface area contributed by atoms with Crippen molar-refractivity contribution in [3.8, 4) is 0 Å². The number of carbonyl (C=O) groups is 1. The van der Waals surface area contributed by atoms with Crippen molar-refractivity contribution < 1.29 is 14.1 Å². The summed E-state index contributed by atoms with van der Waals surface area (Å²) in [5, 5.41) is 3.48. The summed E-state index contributed by atoms with van der Waals surface area (Å²) >= 11 is 0. The fraction of sp³-hybridized carbons (Fsp3) is 0.500. The molecule has 0 spiro atoms. The number of hydrogen-bond donors (Lipinski definition) is 0. The third-order valence-electron chi connectivity index (χ3n) is 1.02. The van der Waals surface area contributed by atoms with Crippen LogP contribution in [0.1, 0.15) is 23.4 Å². The second-order valence-electron chi connectivity index (χ2n) is 1.80. The van der Waals surface area contributed by atoms with Gasteiger partial charge < -0.3 is 9.26 Å². The lowest BCUT2D eigenvalue weighted by molar-refractivity contribution is 0.108. The molecule has 0 bridgehead atoms. The Morgan fingerprint density at radius 2 is 2.55 bits per heavy atom. The van der Waals surface area contributed by atoms with E-state index in [1.165, 1.54) is 0 Å². The van der Waals surface area contributed by atoms with E-state index in [0.717, 1.165) is 0 Å². The van der Waals surface area contributed by atoms with Crippen molar-refractivity contribution in [2.45, 2.75) is 13.5 Å². The molecule has 0 radical (unpaired) electrons. The van der Waals surface area contributed by atoms with Gasteiger partial charge in [-0.1, -0.05) is 5.16 Å². The van der Waals surface area contributed by atoms with Crippen molar-refractivity contribution >= 4 is 6.29 Å². The van der Waals surface area contributed by atoms with Crippen LogP contribution < -0.4 is 0 Å². The summed E-state index contributed by atoms with van der Waals surface area (Å²) < 4.78 is 9.48. The molecule has 1 heterocycles. The van der Waals surface area contributed by atoms with Crippen molar-refractivity contribution in [3.05, 3.63) is 11.7 Å². The Balaban J connectivity index is 2.51. The Hall–Kier alpha value is -1.23. The van der Waals surface area contributed by atoms with Crippen LogP contribution in [0.5, 0.6) is 0 Å². The molecule has 0 aliphatic carbocycles. The molecule has 60 valence electrons. The third kappa shape index (κ3) is 2.12. The van der Waals surface area contributed by atoms with Crippen LogP contribution in [-0.2, 0) is 11.3 Å². The molecule has 0 fully saturated rings. The minimum absolute atomic E-state index is 0.0142. The summed E-state index contributed by atoms with van der Waals surface area (Å²) in [6.45, 7) is 2.74. The summed E-state index contributed by atoms with van der Waals surface area (Å²) in [6.07, 6.45) is 0.502. The van der Waals surface area contributed by atoms with Gasteiger partial charge in [-0.2, -0.15) is 4.98 Å². The van der Waals surface area contributed by atoms with E-state index in [9.17, 15) is 4.79 Å². The van der Waals surface area contributed by atoms with Crippen LogP contribution in [0.3, 0.4) is 0 Å². The van der Waals surface area contributed by atoms with Gasteiger partial charge in [0, 0.05) is 6.61 Å². The molecule has 0 aromatic carbocycles. The van der Waals surface area contributed by atoms with Gasteiger partial charge in [0.15, 0.2) is 5.82 Å². The summed E-state index contributed by atoms with van der Waals surface area (Å²) in [5.74, 6) is 0.383. The SMILES string of the molecule is CCOCc1noc(C=O)n1. The summed E-state index contributed by atoms with van der Waals surface area (Å²) in [7, 11) is 0. The molecule has 0 unspecified atom stereocenters. The number of aldehydes is 1. The fourth-order valence-electron chi connectivity index (χ4n) is 0.567. The Morgan fingerprint density at radius 3 is 3.09 bits per heavy atom. The highest BCUT2D eigenvalue weighted by Crippen LogP contribution is 1.95. The van der Waals surface area contributed by atoms with Gasteiger partial charge in [-0.3, -0.25) is 4.79 Å². The number of ether oxygens (including phenoxy) is 1. The van der Waals surface area contributed by atoms with E-state index >= 15 is 0 Å². The molecule has 0 aliphatic heterocycles. The number of nitrogens with zero attached hydrogens (tertiary/aromatic N) is 2. The normalized spacial score (nSPS) is 9.91. The molecule has 5 nitrogen and oxygen atoms in total. The van der Waals surface area contributed by atoms with Gasteiger partial charge in [0.05, 0.1) is 0 Å². The van der Waals surface area contributed by atoms with E-state index in [0.29, 0.717) is 18.7 Å². The number of hydrogen-bond acceptors (Lipinski definition) is 5. The smallest absolute Gasteiger partial charge is 0.290 e. The van der Waals surface area contributed by atoms with Crippen LogP contribution in [0, 0.1) is 0 Å². The van der Waals surface area contributed by atoms with E-state index in [1.807, 2.05) is 6.92 Å². The maximum atomic E-state index is 10.1. The Morgan fingerprint density at radius 1 is 1.73 bits per heavy atom. The standard InChI is InChI=1S/C6H8N2O3/c1-2-10-4-5-7-6(3-9)11-8-5/h3H,2,4H2,1H3. The van der Waals surface area contributed by atoms with E-state index in [4.69, 9.17) is 4.74 Å². The molecular weight excluding hydrogens is 148 g/mol. The van der Waals surface area contributed by atoms with E-state index in [-0.39, 0.29) is 12.5 Å². The number of carbonyl (C=O) groups excluding carboxylic acids is 1. The van der Waals surface area contributed by atoms with E-state index in [2.05, 4.69) is 14.7 Å². The van der Waals surface area contributed by atoms with Gasteiger partial charge in [-0.15, -0.1) is 0 Å². The molecule has 1 aromatic heterocycles. The highest BCUT2D eigenvalue weighted by molar-refractivity contribution is 5.66. The zero-order valence-corrected chi connectivity index (χ0v) is 6.11. The van der Waals surface area contributed by atoms with Crippen molar-refractivity contribution in [2.75, 3.05) is 6.61 Å². The lowest BCUT2D eigenvalue weighted by Gasteiger charge is -1.91. The van der Waals surface area contributed by atoms with Gasteiger partial charge in [0.25, 0.3) is 5.89 Å². The Kier molecular flexibility index (Phi) is 2.74. The van der Waals surface area contributed by atoms with Crippen molar-refractivity contribution in [3.63, 3.8) is 0 Å². The molecule has 0 saturated heterocycles. The van der Waals surface area contributed by atoms with Gasteiger partial charge >= 0.3 is 0 Å². The van der Waals surface area contributed by atoms with E-state index < -0.39 is 0 Å². The van der Waals surface area contributed by atoms with Gasteiger partial charge in [0.1, 0.15) is 6.61 Å². The second kappa shape index (κ2) is 3.82. The van der Waals surface area contributed by atoms with Crippen LogP contribution in [0.4, 0.5) is 0 Å². The zero-order valence-electron chi connectivity index (χ0n) is 6.11. The van der Waals surface area contributed by atoms with Crippen molar-refractivity contribution in [1.29, 1.82) is 0 Å². The predicted molar refractivity (Wildman–Crippen MR) is 35.0 cm³/mol. The lowest BCUT2D eigenvalue weighted by Crippen LogP contribution is -1.93. The Labute approximate surface area is 63.4 Å². The average Bonchev–Trinajstić information content (AvgIpc) is 2.48. The van der Waals surface area contributed by atoms with Gasteiger partial charge in [0.2, 0.25) is 6.29 Å². The molecule has 0 saturated carbocycles. The minimum Gasteiger partial charge on any atom is -0.374 e. The Bertz CT molecular complexity index is 233. The first-order valence-electron chi connectivity index (χ1n) is 3.22. The molecule has 5 heteroatoms. The van der Waals surface area contributed by atoms with Gasteiger partial charge in [-0.05, 0) is 6.92 Å². The van der Waals surface area contributed by atoms with Crippen molar-refractivity contribution in [2.24, 2.45) is 0 Å². The first-order valence-corrected chi connectivity index (χ1v) is 3.22. The minimum atomic E-state index is -0.0142. The predicted octanol–water partition coefficient (Wildman–Crippen LogP) is 0.419. The largest absolute Gasteiger partial charge is 0.374 e. The average molecular weight is 156 g/mol. The number of rotatable bonds is 4. The fourth-order valence-corrected chi connectivity index (χ4v) is 0.567. The molecule has 0 aliphatic rings. The van der Waals surface area contributed by atoms with Crippen LogP contribution in [0.2, 0.25) is 0 Å². The molecule has 1 rings (SSSR count). The maximum Gasteiger partial charge on any atom is 0.290 e. The molecule has 0 N–H and O–H groups in total. The summed E-state index contributed by atoms with van der Waals surface area (Å²) in [4.78, 5) is 13.8. The zero-order chi connectivity index (χ0) is 8.10. The van der Waals surface area contributed by atoms with Crippen LogP contribution >= 0.6 is 0 Å². The molecule has 0 amide bonds. The number of aromatic nitrogens is 2. The third-order valence-corrected chi connectivity index (χ3v) is 1.02. The molecule has 1 aromatic rings. The quantitative estimate of drug-likeness (QED) is 0.591. The first kappa shape index (κ1) is 7.87. The summed E-state index contributed by atoms with van der Waals surface area (Å²) in [6, 6.07) is 0. The highest BCUT2D eigenvalue weighted by Gasteiger charge is 2.02. The highest BCUT2D eigenvalue weighted by atomic mass is 16.5.